The zero-order valence-corrected chi connectivity index (χ0v) is 10.6. The molecule has 16 heavy (non-hydrogen) atoms. The van der Waals surface area contributed by atoms with Gasteiger partial charge in [-0.3, -0.25) is 0 Å². The van der Waals surface area contributed by atoms with Gasteiger partial charge < -0.3 is 10.1 Å². The summed E-state index contributed by atoms with van der Waals surface area (Å²) in [7, 11) is 0. The molecule has 0 spiro atoms. The van der Waals surface area contributed by atoms with Crippen LogP contribution in [0.15, 0.2) is 29.0 Å². The van der Waals surface area contributed by atoms with Crippen molar-refractivity contribution < 1.29 is 0 Å². The number of hydrogen-bond donors (Lipinski definition) is 1. The molecular weight excluding hydrogens is 266 g/mol. The summed E-state index contributed by atoms with van der Waals surface area (Å²) in [5, 5.41) is 0. The molecule has 0 bridgehead atoms. The highest BCUT2D eigenvalue weighted by Gasteiger charge is 2.34. The van der Waals surface area contributed by atoms with Gasteiger partial charge in [0.25, 0.3) is 0 Å². The van der Waals surface area contributed by atoms with E-state index in [-0.39, 0.29) is 5.54 Å². The van der Waals surface area contributed by atoms with Gasteiger partial charge in [0, 0.05) is 10.7 Å². The fourth-order valence-corrected chi connectivity index (χ4v) is 2.90. The minimum Gasteiger partial charge on any atom is -0.319 e. The lowest BCUT2D eigenvalue weighted by Crippen LogP contribution is -2.35. The number of hydrogen-bond acceptors (Lipinski definition) is 2. The van der Waals surface area contributed by atoms with Crippen LogP contribution in [0.3, 0.4) is 0 Å². The predicted octanol–water partition coefficient (Wildman–Crippen LogP) is 2.82. The molecule has 0 atom stereocenters. The van der Waals surface area contributed by atoms with Gasteiger partial charge in [-0.2, -0.15) is 0 Å². The van der Waals surface area contributed by atoms with Crippen LogP contribution in [0.1, 0.15) is 31.5 Å². The Morgan fingerprint density at radius 3 is 2.81 bits per heavy atom. The van der Waals surface area contributed by atoms with Crippen molar-refractivity contribution in [2.45, 2.75) is 31.2 Å². The quantitative estimate of drug-likeness (QED) is 0.872. The fraction of sp³-hybridized carbons (Fsp3) is 0.417. The maximum Gasteiger partial charge on any atom is 0.133 e. The molecule has 2 heterocycles. The molecule has 2 aromatic rings. The predicted molar refractivity (Wildman–Crippen MR) is 67.2 cm³/mol. The van der Waals surface area contributed by atoms with Crippen LogP contribution in [0.4, 0.5) is 0 Å². The molecule has 2 aromatic heterocycles. The molecule has 4 heteroatoms. The van der Waals surface area contributed by atoms with Crippen molar-refractivity contribution in [2.75, 3.05) is 0 Å². The minimum absolute atomic E-state index is 0.229. The van der Waals surface area contributed by atoms with Crippen LogP contribution >= 0.6 is 15.9 Å². The first-order valence-corrected chi connectivity index (χ1v) is 6.40. The van der Waals surface area contributed by atoms with Crippen LogP contribution in [0.2, 0.25) is 0 Å². The summed E-state index contributed by atoms with van der Waals surface area (Å²) in [4.78, 5) is 4.51. The Morgan fingerprint density at radius 2 is 2.06 bits per heavy atom. The summed E-state index contributed by atoms with van der Waals surface area (Å²) < 4.78 is 3.16. The lowest BCUT2D eigenvalue weighted by Gasteiger charge is -2.22. The Balaban J connectivity index is 2.19. The normalized spacial score (nSPS) is 19.4. The van der Waals surface area contributed by atoms with Crippen LogP contribution < -0.4 is 5.73 Å². The highest BCUT2D eigenvalue weighted by atomic mass is 79.9. The van der Waals surface area contributed by atoms with Gasteiger partial charge in [-0.25, -0.2) is 4.98 Å². The van der Waals surface area contributed by atoms with E-state index in [9.17, 15) is 0 Å². The molecule has 84 valence electrons. The molecule has 1 aliphatic rings. The maximum absolute atomic E-state index is 6.44. The zero-order chi connectivity index (χ0) is 11.2. The summed E-state index contributed by atoms with van der Waals surface area (Å²) in [5.74, 6) is 1.00. The second-order valence-electron chi connectivity index (χ2n) is 4.59. The standard InChI is InChI=1S/C12H14BrN3/c13-9-3-4-10-7-15-11(16(10)8-9)12(14)5-1-2-6-12/h3-4,7-8H,1-2,5-6,14H2. The highest BCUT2D eigenvalue weighted by Crippen LogP contribution is 2.35. The SMILES string of the molecule is NC1(c2ncc3ccc(Br)cn23)CCCC1. The van der Waals surface area contributed by atoms with E-state index in [1.807, 2.05) is 18.5 Å². The van der Waals surface area contributed by atoms with Crippen LogP contribution in [0, 0.1) is 0 Å². The van der Waals surface area contributed by atoms with Gasteiger partial charge >= 0.3 is 0 Å². The Hall–Kier alpha value is -0.870. The Labute approximate surface area is 103 Å². The Kier molecular flexibility index (Phi) is 2.30. The average molecular weight is 280 g/mol. The molecule has 0 aromatic carbocycles. The van der Waals surface area contributed by atoms with Gasteiger partial charge in [-0.1, -0.05) is 12.8 Å². The average Bonchev–Trinajstić information content (AvgIpc) is 2.84. The minimum atomic E-state index is -0.229. The molecule has 0 aliphatic heterocycles. The van der Waals surface area contributed by atoms with E-state index in [1.165, 1.54) is 12.8 Å². The molecule has 1 aliphatic carbocycles. The number of aromatic nitrogens is 2. The van der Waals surface area contributed by atoms with Crippen molar-refractivity contribution in [1.82, 2.24) is 9.38 Å². The number of nitrogens with two attached hydrogens (primary N) is 1. The third-order valence-electron chi connectivity index (χ3n) is 3.43. The lowest BCUT2D eigenvalue weighted by atomic mass is 9.98. The van der Waals surface area contributed by atoms with Gasteiger partial charge in [-0.05, 0) is 40.9 Å². The molecule has 0 amide bonds. The smallest absolute Gasteiger partial charge is 0.133 e. The summed E-state index contributed by atoms with van der Waals surface area (Å²) in [6, 6.07) is 4.08. The van der Waals surface area contributed by atoms with E-state index in [0.29, 0.717) is 0 Å². The number of rotatable bonds is 1. The number of fused-ring (bicyclic) bond motifs is 1. The second-order valence-corrected chi connectivity index (χ2v) is 5.50. The molecule has 0 radical (unpaired) electrons. The van der Waals surface area contributed by atoms with Crippen molar-refractivity contribution in [3.63, 3.8) is 0 Å². The third kappa shape index (κ3) is 1.48. The van der Waals surface area contributed by atoms with Crippen LogP contribution in [0.5, 0.6) is 0 Å². The topological polar surface area (TPSA) is 43.3 Å². The monoisotopic (exact) mass is 279 g/mol. The summed E-state index contributed by atoms with van der Waals surface area (Å²) >= 11 is 3.49. The maximum atomic E-state index is 6.44. The van der Waals surface area contributed by atoms with Gasteiger partial charge in [0.05, 0.1) is 17.3 Å². The van der Waals surface area contributed by atoms with Crippen LogP contribution in [0.25, 0.3) is 5.52 Å². The molecule has 0 unspecified atom stereocenters. The van der Waals surface area contributed by atoms with E-state index < -0.39 is 0 Å². The first kappa shape index (κ1) is 10.3. The molecule has 3 nitrogen and oxygen atoms in total. The largest absolute Gasteiger partial charge is 0.319 e. The van der Waals surface area contributed by atoms with Crippen molar-refractivity contribution in [3.8, 4) is 0 Å². The van der Waals surface area contributed by atoms with Crippen LogP contribution in [-0.2, 0) is 5.54 Å². The summed E-state index contributed by atoms with van der Waals surface area (Å²) in [5.41, 5.74) is 7.32. The van der Waals surface area contributed by atoms with Crippen molar-refractivity contribution in [2.24, 2.45) is 5.73 Å². The number of halogens is 1. The molecule has 0 saturated heterocycles. The second kappa shape index (κ2) is 3.57. The Morgan fingerprint density at radius 1 is 1.31 bits per heavy atom. The zero-order valence-electron chi connectivity index (χ0n) is 8.99. The van der Waals surface area contributed by atoms with Gasteiger partial charge in [0.15, 0.2) is 0 Å². The summed E-state index contributed by atoms with van der Waals surface area (Å²) in [6.07, 6.45) is 8.44. The van der Waals surface area contributed by atoms with Crippen molar-refractivity contribution in [3.05, 3.63) is 34.8 Å². The first-order chi connectivity index (χ1) is 7.69. The van der Waals surface area contributed by atoms with Gasteiger partial charge in [0.2, 0.25) is 0 Å². The van der Waals surface area contributed by atoms with Gasteiger partial charge in [0.1, 0.15) is 5.82 Å². The van der Waals surface area contributed by atoms with E-state index in [0.717, 1.165) is 28.7 Å². The van der Waals surface area contributed by atoms with Gasteiger partial charge in [-0.15, -0.1) is 0 Å². The van der Waals surface area contributed by atoms with Crippen molar-refractivity contribution >= 4 is 21.4 Å². The van der Waals surface area contributed by atoms with E-state index >= 15 is 0 Å². The highest BCUT2D eigenvalue weighted by molar-refractivity contribution is 9.10. The fourth-order valence-electron chi connectivity index (χ4n) is 2.56. The third-order valence-corrected chi connectivity index (χ3v) is 3.90. The Bertz CT molecular complexity index is 526. The van der Waals surface area contributed by atoms with Crippen LogP contribution in [-0.4, -0.2) is 9.38 Å². The molecule has 2 N–H and O–H groups in total. The number of imidazole rings is 1. The number of nitrogens with zero attached hydrogens (tertiary/aromatic N) is 2. The lowest BCUT2D eigenvalue weighted by molar-refractivity contribution is 0.429. The number of pyridine rings is 1. The summed E-state index contributed by atoms with van der Waals surface area (Å²) in [6.45, 7) is 0. The molecular formula is C12H14BrN3. The first-order valence-electron chi connectivity index (χ1n) is 5.61. The van der Waals surface area contributed by atoms with E-state index in [2.05, 4.69) is 31.4 Å². The van der Waals surface area contributed by atoms with E-state index in [4.69, 9.17) is 5.73 Å². The molecule has 3 rings (SSSR count). The van der Waals surface area contributed by atoms with E-state index in [1.54, 1.807) is 0 Å². The van der Waals surface area contributed by atoms with Crippen molar-refractivity contribution in [1.29, 1.82) is 0 Å². The molecule has 1 fully saturated rings. The molecule has 1 saturated carbocycles.